The fourth-order valence-corrected chi connectivity index (χ4v) is 4.44. The van der Waals surface area contributed by atoms with Crippen LogP contribution in [0.2, 0.25) is 0 Å². The third-order valence-corrected chi connectivity index (χ3v) is 5.88. The number of hydrogen-bond acceptors (Lipinski definition) is 5. The summed E-state index contributed by atoms with van der Waals surface area (Å²) in [7, 11) is 1.85. The molecule has 0 aromatic carbocycles. The lowest BCUT2D eigenvalue weighted by molar-refractivity contribution is 0.0712. The fraction of sp³-hybridized carbons (Fsp3) is 0.368. The first kappa shape index (κ1) is 16.9. The van der Waals surface area contributed by atoms with E-state index in [1.54, 1.807) is 28.4 Å². The molecule has 1 aliphatic rings. The van der Waals surface area contributed by atoms with Gasteiger partial charge >= 0.3 is 0 Å². The van der Waals surface area contributed by atoms with Crippen molar-refractivity contribution in [2.75, 3.05) is 13.1 Å². The molecule has 4 heterocycles. The van der Waals surface area contributed by atoms with Gasteiger partial charge < -0.3 is 4.90 Å². The molecular weight excluding hydrogens is 346 g/mol. The first-order valence-electron chi connectivity index (χ1n) is 8.77. The van der Waals surface area contributed by atoms with Crippen LogP contribution in [0.1, 0.15) is 39.8 Å². The Labute approximate surface area is 156 Å². The first-order valence-corrected chi connectivity index (χ1v) is 9.65. The van der Waals surface area contributed by atoms with Gasteiger partial charge in [-0.2, -0.15) is 5.10 Å². The van der Waals surface area contributed by atoms with Crippen molar-refractivity contribution in [1.82, 2.24) is 24.6 Å². The molecule has 0 N–H and O–H groups in total. The molecule has 0 aliphatic carbocycles. The Kier molecular flexibility index (Phi) is 4.55. The summed E-state index contributed by atoms with van der Waals surface area (Å²) in [4.78, 5) is 23.5. The Bertz CT molecular complexity index is 909. The zero-order chi connectivity index (χ0) is 18.1. The molecule has 7 heteroatoms. The van der Waals surface area contributed by atoms with Crippen molar-refractivity contribution < 1.29 is 4.79 Å². The van der Waals surface area contributed by atoms with Crippen LogP contribution in [0.3, 0.4) is 0 Å². The Balaban J connectivity index is 1.42. The lowest BCUT2D eigenvalue weighted by Gasteiger charge is -2.31. The average molecular weight is 367 g/mol. The van der Waals surface area contributed by atoms with E-state index in [1.165, 1.54) is 5.01 Å². The van der Waals surface area contributed by atoms with Crippen LogP contribution in [0.5, 0.6) is 0 Å². The highest BCUT2D eigenvalue weighted by atomic mass is 32.1. The van der Waals surface area contributed by atoms with E-state index in [1.807, 2.05) is 37.2 Å². The predicted octanol–water partition coefficient (Wildman–Crippen LogP) is 3.27. The van der Waals surface area contributed by atoms with Crippen molar-refractivity contribution in [3.63, 3.8) is 0 Å². The summed E-state index contributed by atoms with van der Waals surface area (Å²) >= 11 is 1.71. The molecule has 1 fully saturated rings. The van der Waals surface area contributed by atoms with Gasteiger partial charge in [-0.3, -0.25) is 14.5 Å². The number of piperidine rings is 1. The second-order valence-corrected chi connectivity index (χ2v) is 7.56. The van der Waals surface area contributed by atoms with Gasteiger partial charge in [-0.05, 0) is 31.9 Å². The zero-order valence-corrected chi connectivity index (χ0v) is 15.7. The average Bonchev–Trinajstić information content (AvgIpc) is 3.29. The maximum absolute atomic E-state index is 12.7. The van der Waals surface area contributed by atoms with E-state index in [2.05, 4.69) is 15.5 Å². The summed E-state index contributed by atoms with van der Waals surface area (Å²) in [5.74, 6) is 0.514. The molecule has 0 spiro atoms. The lowest BCUT2D eigenvalue weighted by Crippen LogP contribution is -2.38. The summed E-state index contributed by atoms with van der Waals surface area (Å²) in [6.07, 6.45) is 7.30. The van der Waals surface area contributed by atoms with Crippen LogP contribution in [-0.4, -0.2) is 43.6 Å². The Morgan fingerprint density at radius 2 is 1.96 bits per heavy atom. The highest BCUT2D eigenvalue weighted by Crippen LogP contribution is 2.33. The molecule has 1 amide bonds. The number of nitrogens with zero attached hydrogens (tertiary/aromatic N) is 5. The molecule has 1 saturated heterocycles. The highest BCUT2D eigenvalue weighted by Gasteiger charge is 2.27. The number of pyridine rings is 1. The SMILES string of the molecule is Cc1nn(C)cc1C(=O)N1CCC(c2nc(-c3ccncc3)cs2)CC1. The van der Waals surface area contributed by atoms with Crippen LogP contribution >= 0.6 is 11.3 Å². The van der Waals surface area contributed by atoms with Crippen LogP contribution in [-0.2, 0) is 7.05 Å². The van der Waals surface area contributed by atoms with E-state index < -0.39 is 0 Å². The third-order valence-electron chi connectivity index (χ3n) is 4.87. The van der Waals surface area contributed by atoms with Gasteiger partial charge in [0, 0.05) is 55.6 Å². The fourth-order valence-electron chi connectivity index (χ4n) is 3.44. The zero-order valence-electron chi connectivity index (χ0n) is 14.9. The van der Waals surface area contributed by atoms with Crippen molar-refractivity contribution in [2.24, 2.45) is 7.05 Å². The number of carbonyl (C=O) groups is 1. The summed E-state index contributed by atoms with van der Waals surface area (Å²) in [5.41, 5.74) is 3.61. The van der Waals surface area contributed by atoms with E-state index >= 15 is 0 Å². The number of aryl methyl sites for hydroxylation is 2. The topological polar surface area (TPSA) is 63.9 Å². The number of amides is 1. The molecule has 0 saturated carbocycles. The Morgan fingerprint density at radius 1 is 1.23 bits per heavy atom. The van der Waals surface area contributed by atoms with E-state index in [0.29, 0.717) is 11.5 Å². The van der Waals surface area contributed by atoms with Gasteiger partial charge in [0.15, 0.2) is 0 Å². The number of thiazole rings is 1. The number of aromatic nitrogens is 4. The van der Waals surface area contributed by atoms with Crippen LogP contribution in [0, 0.1) is 6.92 Å². The standard InChI is InChI=1S/C19H21N5OS/c1-13-16(11-23(2)22-13)19(25)24-9-5-15(6-10-24)18-21-17(12-26-18)14-3-7-20-8-4-14/h3-4,7-8,11-12,15H,5-6,9-10H2,1-2H3. The minimum atomic E-state index is 0.0886. The summed E-state index contributed by atoms with van der Waals surface area (Å²) in [6, 6.07) is 3.96. The summed E-state index contributed by atoms with van der Waals surface area (Å²) in [5, 5.41) is 7.56. The third kappa shape index (κ3) is 3.26. The van der Waals surface area contributed by atoms with E-state index in [4.69, 9.17) is 4.98 Å². The molecule has 0 unspecified atom stereocenters. The second-order valence-electron chi connectivity index (χ2n) is 6.68. The Hall–Kier alpha value is -2.54. The first-order chi connectivity index (χ1) is 12.6. The minimum Gasteiger partial charge on any atom is -0.338 e. The van der Waals surface area contributed by atoms with Crippen molar-refractivity contribution in [3.8, 4) is 11.3 Å². The quantitative estimate of drug-likeness (QED) is 0.713. The van der Waals surface area contributed by atoms with E-state index in [9.17, 15) is 4.79 Å². The molecule has 0 atom stereocenters. The lowest BCUT2D eigenvalue weighted by atomic mass is 9.97. The number of carbonyl (C=O) groups excluding carboxylic acids is 1. The van der Waals surface area contributed by atoms with Crippen LogP contribution in [0.4, 0.5) is 0 Å². The second kappa shape index (κ2) is 6.99. The molecule has 6 nitrogen and oxygen atoms in total. The normalized spacial score (nSPS) is 15.4. The van der Waals surface area contributed by atoms with Crippen LogP contribution in [0.25, 0.3) is 11.3 Å². The van der Waals surface area contributed by atoms with Crippen LogP contribution in [0.15, 0.2) is 36.1 Å². The molecule has 0 bridgehead atoms. The van der Waals surface area contributed by atoms with E-state index in [-0.39, 0.29) is 5.91 Å². The minimum absolute atomic E-state index is 0.0886. The molecule has 3 aromatic heterocycles. The smallest absolute Gasteiger partial charge is 0.257 e. The van der Waals surface area contributed by atoms with Crippen molar-refractivity contribution >= 4 is 17.2 Å². The monoisotopic (exact) mass is 367 g/mol. The van der Waals surface area contributed by atoms with Crippen molar-refractivity contribution in [1.29, 1.82) is 0 Å². The summed E-state index contributed by atoms with van der Waals surface area (Å²) in [6.45, 7) is 3.42. The molecule has 0 radical (unpaired) electrons. The highest BCUT2D eigenvalue weighted by molar-refractivity contribution is 7.10. The number of rotatable bonds is 3. The Morgan fingerprint density at radius 3 is 2.62 bits per heavy atom. The molecule has 26 heavy (non-hydrogen) atoms. The van der Waals surface area contributed by atoms with Gasteiger partial charge in [0.1, 0.15) is 0 Å². The van der Waals surface area contributed by atoms with E-state index in [0.717, 1.165) is 42.9 Å². The van der Waals surface area contributed by atoms with Gasteiger partial charge in [0.2, 0.25) is 0 Å². The van der Waals surface area contributed by atoms with Crippen molar-refractivity contribution in [2.45, 2.75) is 25.7 Å². The molecule has 1 aliphatic heterocycles. The van der Waals surface area contributed by atoms with Gasteiger partial charge in [-0.25, -0.2) is 4.98 Å². The largest absolute Gasteiger partial charge is 0.338 e. The van der Waals surface area contributed by atoms with Crippen LogP contribution < -0.4 is 0 Å². The number of hydrogen-bond donors (Lipinski definition) is 0. The maximum Gasteiger partial charge on any atom is 0.257 e. The molecular formula is C19H21N5OS. The summed E-state index contributed by atoms with van der Waals surface area (Å²) < 4.78 is 1.70. The molecule has 4 rings (SSSR count). The maximum atomic E-state index is 12.7. The van der Waals surface area contributed by atoms with Gasteiger partial charge in [0.05, 0.1) is 22.0 Å². The van der Waals surface area contributed by atoms with Gasteiger partial charge in [-0.15, -0.1) is 11.3 Å². The van der Waals surface area contributed by atoms with Gasteiger partial charge in [0.25, 0.3) is 5.91 Å². The molecule has 3 aromatic rings. The van der Waals surface area contributed by atoms with Crippen molar-refractivity contribution in [3.05, 3.63) is 52.4 Å². The number of likely N-dealkylation sites (tertiary alicyclic amines) is 1. The van der Waals surface area contributed by atoms with Gasteiger partial charge in [-0.1, -0.05) is 0 Å². The molecule has 134 valence electrons. The predicted molar refractivity (Wildman–Crippen MR) is 101 cm³/mol.